The van der Waals surface area contributed by atoms with Crippen molar-refractivity contribution in [2.24, 2.45) is 0 Å². The molecule has 4 aromatic rings. The highest BCUT2D eigenvalue weighted by Crippen LogP contribution is 2.44. The summed E-state index contributed by atoms with van der Waals surface area (Å²) in [7, 11) is 3.09. The summed E-state index contributed by atoms with van der Waals surface area (Å²) in [5.74, 6) is 0.521. The average molecular weight is 570 g/mol. The van der Waals surface area contributed by atoms with Crippen LogP contribution in [0, 0.1) is 0 Å². The zero-order valence-corrected chi connectivity index (χ0v) is 25.0. The number of fused-ring (bicyclic) bond motifs is 3. The van der Waals surface area contributed by atoms with Crippen LogP contribution in [0.25, 0.3) is 28.0 Å². The number of amides is 1. The highest BCUT2D eigenvalue weighted by Gasteiger charge is 2.29. The molecule has 0 saturated heterocycles. The van der Waals surface area contributed by atoms with E-state index in [0.717, 1.165) is 17.6 Å². The Labute approximate surface area is 244 Å². The van der Waals surface area contributed by atoms with Crippen molar-refractivity contribution in [2.45, 2.75) is 53.1 Å². The number of nitrogens with zero attached hydrogens (tertiary/aromatic N) is 1. The van der Waals surface area contributed by atoms with Crippen molar-refractivity contribution in [3.05, 3.63) is 81.0 Å². The Kier molecular flexibility index (Phi) is 7.49. The van der Waals surface area contributed by atoms with Crippen molar-refractivity contribution < 1.29 is 28.5 Å². The molecule has 1 aliphatic rings. The second-order valence-electron chi connectivity index (χ2n) is 11.2. The third kappa shape index (κ3) is 5.20. The lowest BCUT2D eigenvalue weighted by molar-refractivity contribution is 0.158. The molecule has 0 bridgehead atoms. The van der Waals surface area contributed by atoms with E-state index >= 15 is 0 Å². The minimum atomic E-state index is -0.633. The molecule has 2 heterocycles. The quantitative estimate of drug-likeness (QED) is 0.189. The number of aromatic hydroxyl groups is 1. The second-order valence-corrected chi connectivity index (χ2v) is 11.2. The topological polar surface area (TPSA) is 98.4 Å². The first-order valence-corrected chi connectivity index (χ1v) is 13.9. The van der Waals surface area contributed by atoms with Gasteiger partial charge >= 0.3 is 6.09 Å². The molecule has 1 N–H and O–H groups in total. The van der Waals surface area contributed by atoms with E-state index in [1.54, 1.807) is 19.2 Å². The van der Waals surface area contributed by atoms with E-state index < -0.39 is 17.1 Å². The summed E-state index contributed by atoms with van der Waals surface area (Å²) in [6, 6.07) is 10.7. The van der Waals surface area contributed by atoms with Crippen molar-refractivity contribution in [2.75, 3.05) is 19.1 Å². The van der Waals surface area contributed by atoms with Gasteiger partial charge in [-0.1, -0.05) is 30.7 Å². The first-order valence-electron chi connectivity index (χ1n) is 13.9. The summed E-state index contributed by atoms with van der Waals surface area (Å²) in [5.41, 5.74) is 3.00. The fraction of sp³-hybridized carbons (Fsp3) is 0.294. The van der Waals surface area contributed by atoms with Gasteiger partial charge in [0.25, 0.3) is 0 Å². The van der Waals surface area contributed by atoms with E-state index in [1.807, 2.05) is 71.0 Å². The molecule has 0 spiro atoms. The molecule has 8 nitrogen and oxygen atoms in total. The van der Waals surface area contributed by atoms with Crippen molar-refractivity contribution >= 4 is 39.8 Å². The number of phenolic OH excluding ortho intramolecular Hbond substituents is 1. The van der Waals surface area contributed by atoms with E-state index in [4.69, 9.17) is 18.6 Å². The number of ether oxygens (including phenoxy) is 3. The summed E-state index contributed by atoms with van der Waals surface area (Å²) < 4.78 is 23.9. The average Bonchev–Trinajstić information content (AvgIpc) is 2.94. The predicted molar refractivity (Wildman–Crippen MR) is 165 cm³/mol. The Morgan fingerprint density at radius 3 is 2.55 bits per heavy atom. The number of rotatable bonds is 6. The highest BCUT2D eigenvalue weighted by atomic mass is 16.6. The van der Waals surface area contributed by atoms with Crippen LogP contribution < -0.4 is 24.5 Å². The summed E-state index contributed by atoms with van der Waals surface area (Å²) in [4.78, 5) is 28.8. The molecule has 0 fully saturated rings. The Morgan fingerprint density at radius 1 is 1.12 bits per heavy atom. The second kappa shape index (κ2) is 10.9. The standard InChI is InChI=1S/C34H35NO7/c1-8-20-10-9-11-21(16-20)35(6)33(38)41-27-18-25-28(23(32(27)39-7)13-12-19(2)3)31(37)29-26(40-25)17-24-22(30(29)36)14-15-34(4,5)42-24/h9-12,14-18,36H,8,13H2,1-7H3. The molecular formula is C34H35NO7. The van der Waals surface area contributed by atoms with Crippen molar-refractivity contribution in [3.8, 4) is 23.0 Å². The third-order valence-corrected chi connectivity index (χ3v) is 7.37. The van der Waals surface area contributed by atoms with Gasteiger partial charge in [-0.3, -0.25) is 9.69 Å². The predicted octanol–water partition coefficient (Wildman–Crippen LogP) is 7.55. The van der Waals surface area contributed by atoms with Gasteiger partial charge in [0, 0.05) is 30.4 Å². The van der Waals surface area contributed by atoms with Gasteiger partial charge in [-0.2, -0.15) is 0 Å². The molecule has 1 amide bonds. The van der Waals surface area contributed by atoms with Gasteiger partial charge in [-0.25, -0.2) is 4.79 Å². The Hall–Kier alpha value is -4.72. The van der Waals surface area contributed by atoms with Gasteiger partial charge in [0.05, 0.1) is 18.1 Å². The zero-order chi connectivity index (χ0) is 30.3. The van der Waals surface area contributed by atoms with Gasteiger partial charge in [-0.05, 0) is 70.4 Å². The number of benzene rings is 3. The van der Waals surface area contributed by atoms with Crippen LogP contribution in [0.2, 0.25) is 0 Å². The molecule has 0 atom stereocenters. The van der Waals surface area contributed by atoms with Crippen LogP contribution in [0.3, 0.4) is 0 Å². The molecular weight excluding hydrogens is 534 g/mol. The molecule has 5 rings (SSSR count). The highest BCUT2D eigenvalue weighted by molar-refractivity contribution is 6.00. The molecule has 1 aliphatic heterocycles. The largest absolute Gasteiger partial charge is 0.506 e. The maximum atomic E-state index is 14.1. The molecule has 0 radical (unpaired) electrons. The maximum absolute atomic E-state index is 14.1. The Morgan fingerprint density at radius 2 is 1.86 bits per heavy atom. The number of allylic oxidation sites excluding steroid dienone is 2. The molecule has 8 heteroatoms. The van der Waals surface area contributed by atoms with Crippen LogP contribution in [-0.2, 0) is 12.8 Å². The monoisotopic (exact) mass is 569 g/mol. The number of hydrogen-bond acceptors (Lipinski definition) is 7. The number of carbonyl (C=O) groups is 1. The minimum Gasteiger partial charge on any atom is -0.506 e. The summed E-state index contributed by atoms with van der Waals surface area (Å²) >= 11 is 0. The first kappa shape index (κ1) is 28.8. The number of aryl methyl sites for hydroxylation is 1. The molecule has 218 valence electrons. The third-order valence-electron chi connectivity index (χ3n) is 7.37. The van der Waals surface area contributed by atoms with Gasteiger partial charge in [-0.15, -0.1) is 0 Å². The number of methoxy groups -OCH3 is 1. The lowest BCUT2D eigenvalue weighted by Gasteiger charge is -2.28. The fourth-order valence-corrected chi connectivity index (χ4v) is 5.08. The number of phenols is 1. The molecule has 0 unspecified atom stereocenters. The van der Waals surface area contributed by atoms with Gasteiger partial charge < -0.3 is 23.7 Å². The fourth-order valence-electron chi connectivity index (χ4n) is 5.08. The molecule has 3 aromatic carbocycles. The lowest BCUT2D eigenvalue weighted by Crippen LogP contribution is -2.29. The lowest BCUT2D eigenvalue weighted by atomic mass is 9.97. The van der Waals surface area contributed by atoms with Crippen LogP contribution in [0.15, 0.2) is 63.3 Å². The van der Waals surface area contributed by atoms with Crippen molar-refractivity contribution in [1.82, 2.24) is 0 Å². The Bertz CT molecular complexity index is 1840. The van der Waals surface area contributed by atoms with E-state index in [1.165, 1.54) is 18.1 Å². The van der Waals surface area contributed by atoms with Gasteiger partial charge in [0.2, 0.25) is 5.43 Å². The smallest absolute Gasteiger partial charge is 0.419 e. The molecule has 42 heavy (non-hydrogen) atoms. The zero-order valence-electron chi connectivity index (χ0n) is 25.0. The number of carbonyl (C=O) groups excluding carboxylic acids is 1. The normalized spacial score (nSPS) is 13.4. The van der Waals surface area contributed by atoms with Gasteiger partial charge in [0.15, 0.2) is 11.5 Å². The number of hydrogen-bond donors (Lipinski definition) is 1. The van der Waals surface area contributed by atoms with Crippen LogP contribution in [-0.4, -0.2) is 31.0 Å². The van der Waals surface area contributed by atoms with Crippen LogP contribution in [0.4, 0.5) is 10.5 Å². The summed E-state index contributed by atoms with van der Waals surface area (Å²) in [6.45, 7) is 9.72. The summed E-state index contributed by atoms with van der Waals surface area (Å²) in [5, 5.41) is 11.5. The van der Waals surface area contributed by atoms with E-state index in [-0.39, 0.29) is 39.2 Å². The van der Waals surface area contributed by atoms with Crippen LogP contribution >= 0.6 is 0 Å². The first-order chi connectivity index (χ1) is 19.9. The minimum absolute atomic E-state index is 0.0370. The molecule has 1 aromatic heterocycles. The molecule has 0 saturated carbocycles. The SMILES string of the molecule is CCc1cccc(N(C)C(=O)Oc2cc3oc4cc5c(c(O)c4c(=O)c3c(CC=C(C)C)c2OC)C=CC(C)(C)O5)c1. The number of anilines is 1. The van der Waals surface area contributed by atoms with Crippen molar-refractivity contribution in [3.63, 3.8) is 0 Å². The van der Waals surface area contributed by atoms with E-state index in [0.29, 0.717) is 29.0 Å². The molecule has 0 aliphatic carbocycles. The van der Waals surface area contributed by atoms with Crippen LogP contribution in [0.1, 0.15) is 51.3 Å². The maximum Gasteiger partial charge on any atom is 0.419 e. The van der Waals surface area contributed by atoms with E-state index in [9.17, 15) is 14.7 Å². The summed E-state index contributed by atoms with van der Waals surface area (Å²) in [6.07, 6.45) is 6.01. The van der Waals surface area contributed by atoms with Crippen LogP contribution in [0.5, 0.6) is 23.0 Å². The van der Waals surface area contributed by atoms with Gasteiger partial charge in [0.1, 0.15) is 33.7 Å². The van der Waals surface area contributed by atoms with Crippen molar-refractivity contribution in [1.29, 1.82) is 0 Å². The Balaban J connectivity index is 1.71. The van der Waals surface area contributed by atoms with E-state index in [2.05, 4.69) is 0 Å².